The van der Waals surface area contributed by atoms with Crippen LogP contribution in [0.2, 0.25) is 0 Å². The van der Waals surface area contributed by atoms with Gasteiger partial charge in [0.2, 0.25) is 10.8 Å². The van der Waals surface area contributed by atoms with E-state index in [1.807, 2.05) is 6.07 Å². The van der Waals surface area contributed by atoms with Crippen LogP contribution in [0.5, 0.6) is 34.5 Å². The van der Waals surface area contributed by atoms with E-state index in [9.17, 15) is 57.9 Å². The summed E-state index contributed by atoms with van der Waals surface area (Å²) in [5.41, 5.74) is -12.5. The van der Waals surface area contributed by atoms with Gasteiger partial charge in [-0.25, -0.2) is 4.85 Å². The highest BCUT2D eigenvalue weighted by molar-refractivity contribution is 5.72. The largest absolute Gasteiger partial charge is 0.494 e. The molecule has 0 saturated carbocycles. The Morgan fingerprint density at radius 2 is 0.746 bits per heavy atom. The zero-order chi connectivity index (χ0) is 51.8. The summed E-state index contributed by atoms with van der Waals surface area (Å²) >= 11 is 0. The van der Waals surface area contributed by atoms with Crippen LogP contribution in [0, 0.1) is 31.4 Å². The van der Waals surface area contributed by atoms with Crippen molar-refractivity contribution in [3.63, 3.8) is 0 Å². The lowest BCUT2D eigenvalue weighted by Gasteiger charge is -2.38. The number of aryl methyl sites for hydroxylation is 1. The Kier molecular flexibility index (Phi) is 15.5. The van der Waals surface area contributed by atoms with Crippen molar-refractivity contribution in [3.8, 4) is 40.6 Å². The van der Waals surface area contributed by atoms with Crippen molar-refractivity contribution in [2.24, 2.45) is 0 Å². The molecule has 0 aromatic heterocycles. The molecule has 0 bridgehead atoms. The minimum Gasteiger partial charge on any atom is -0.494 e. The minimum absolute atomic E-state index is 0.000658. The van der Waals surface area contributed by atoms with Gasteiger partial charge < -0.3 is 18.9 Å². The van der Waals surface area contributed by atoms with Crippen molar-refractivity contribution < 1.29 is 71.6 Å². The lowest BCUT2D eigenvalue weighted by atomic mass is 9.73. The average Bonchev–Trinajstić information content (AvgIpc) is 3.31. The standard InChI is InChI=1S/C52H37F12N3O4/c1-33-8-17-43(30-34(33)32-65)70-41-22-13-37(14-23-41)47(49(53,54)55,50(56,57)58)35-9-18-39(19-10-35)68-28-6-4-5-7-29-69-40-20-11-36(12-21-40)48(51(59,60)61,52(62,63)64)38-15-24-42(25-16-38)71-44-26-27-45(66-2)46(31-44)67-3/h8-27,30-31H,4-7,28-29H2,1H3. The summed E-state index contributed by atoms with van der Waals surface area (Å²) in [5.74, 6) is -0.0210. The van der Waals surface area contributed by atoms with Gasteiger partial charge in [-0.2, -0.15) is 57.9 Å². The average molecular weight is 996 g/mol. The third-order valence-electron chi connectivity index (χ3n) is 11.4. The molecule has 6 rings (SSSR count). The van der Waals surface area contributed by atoms with Gasteiger partial charge in [-0.1, -0.05) is 60.7 Å². The maximum atomic E-state index is 14.8. The van der Waals surface area contributed by atoms with Crippen LogP contribution in [-0.4, -0.2) is 37.9 Å². The maximum Gasteiger partial charge on any atom is 0.411 e. The monoisotopic (exact) mass is 995 g/mol. The van der Waals surface area contributed by atoms with E-state index in [2.05, 4.69) is 9.69 Å². The van der Waals surface area contributed by atoms with Gasteiger partial charge >= 0.3 is 24.7 Å². The molecule has 6 aromatic carbocycles. The summed E-state index contributed by atoms with van der Waals surface area (Å²) < 4.78 is 199. The SMILES string of the molecule is [C-]#[N+]c1ccc(Oc2ccc(C(c3ccc(OCCCCCCOc4ccc(C(c5ccc(Oc6ccc(C)c(C#N)c6)cc5)(C(F)(F)F)C(F)(F)F)cc4)cc3)(C(F)(F)F)C(F)(F)F)cc2)cc1[N+]#[C-]. The highest BCUT2D eigenvalue weighted by Crippen LogP contribution is 2.58. The lowest BCUT2D eigenvalue weighted by Crippen LogP contribution is -2.54. The number of alkyl halides is 12. The summed E-state index contributed by atoms with van der Waals surface area (Å²) in [7, 11) is 0. The minimum atomic E-state index is -5.87. The van der Waals surface area contributed by atoms with Gasteiger partial charge in [0.1, 0.15) is 34.5 Å². The van der Waals surface area contributed by atoms with Gasteiger partial charge in [-0.3, -0.25) is 4.85 Å². The first kappa shape index (κ1) is 52.5. The number of nitriles is 1. The molecule has 0 atom stereocenters. The molecule has 0 spiro atoms. The van der Waals surface area contributed by atoms with Gasteiger partial charge in [-0.05, 0) is 133 Å². The molecule has 0 amide bonds. The Morgan fingerprint density at radius 3 is 1.08 bits per heavy atom. The fraction of sp³-hybridized carbons (Fsp3) is 0.250. The molecule has 0 fully saturated rings. The molecule has 0 aliphatic rings. The predicted molar refractivity (Wildman–Crippen MR) is 236 cm³/mol. The number of benzene rings is 6. The number of hydrogen-bond acceptors (Lipinski definition) is 5. The van der Waals surface area contributed by atoms with Crippen molar-refractivity contribution >= 4 is 11.4 Å². The van der Waals surface area contributed by atoms with Crippen LogP contribution >= 0.6 is 0 Å². The maximum absolute atomic E-state index is 14.8. The summed E-state index contributed by atoms with van der Waals surface area (Å²) in [6, 6.07) is 23.4. The number of rotatable bonds is 17. The van der Waals surface area contributed by atoms with Crippen molar-refractivity contribution in [2.75, 3.05) is 13.2 Å². The first-order chi connectivity index (χ1) is 33.5. The van der Waals surface area contributed by atoms with Crippen LogP contribution in [0.15, 0.2) is 133 Å². The zero-order valence-electron chi connectivity index (χ0n) is 37.0. The van der Waals surface area contributed by atoms with Gasteiger partial charge in [0.05, 0.1) is 38.0 Å². The number of halogens is 12. The summed E-state index contributed by atoms with van der Waals surface area (Å²) in [4.78, 5) is 6.39. The van der Waals surface area contributed by atoms with Crippen LogP contribution in [0.3, 0.4) is 0 Å². The first-order valence-corrected chi connectivity index (χ1v) is 21.2. The lowest BCUT2D eigenvalue weighted by molar-refractivity contribution is -0.290. The van der Waals surface area contributed by atoms with Crippen molar-refractivity contribution in [3.05, 3.63) is 190 Å². The Morgan fingerprint density at radius 1 is 0.423 bits per heavy atom. The van der Waals surface area contributed by atoms with Crippen molar-refractivity contribution in [1.82, 2.24) is 0 Å². The molecule has 0 unspecified atom stereocenters. The molecular weight excluding hydrogens is 959 g/mol. The van der Waals surface area contributed by atoms with Crippen molar-refractivity contribution in [2.45, 2.75) is 68.1 Å². The third kappa shape index (κ3) is 11.0. The van der Waals surface area contributed by atoms with E-state index in [1.54, 1.807) is 13.0 Å². The fourth-order valence-corrected chi connectivity index (χ4v) is 7.86. The van der Waals surface area contributed by atoms with E-state index in [0.29, 0.717) is 79.8 Å². The molecule has 0 heterocycles. The molecular formula is C52H37F12N3O4. The highest BCUT2D eigenvalue weighted by atomic mass is 19.4. The number of unbranched alkanes of at least 4 members (excludes halogenated alkanes) is 3. The molecule has 0 radical (unpaired) electrons. The van der Waals surface area contributed by atoms with E-state index >= 15 is 0 Å². The molecule has 0 aliphatic heterocycles. The number of hydrogen-bond donors (Lipinski definition) is 0. The molecule has 0 N–H and O–H groups in total. The molecule has 0 saturated heterocycles. The van der Waals surface area contributed by atoms with Crippen LogP contribution in [-0.2, 0) is 10.8 Å². The van der Waals surface area contributed by atoms with Crippen LogP contribution in [0.4, 0.5) is 64.1 Å². The van der Waals surface area contributed by atoms with E-state index in [1.165, 1.54) is 30.3 Å². The second-order valence-corrected chi connectivity index (χ2v) is 15.9. The Balaban J connectivity index is 1.03. The molecule has 6 aromatic rings. The number of nitrogens with zero attached hydrogens (tertiary/aromatic N) is 3. The second-order valence-electron chi connectivity index (χ2n) is 15.9. The van der Waals surface area contributed by atoms with E-state index in [4.69, 9.17) is 32.1 Å². The highest BCUT2D eigenvalue weighted by Gasteiger charge is 2.73. The third-order valence-corrected chi connectivity index (χ3v) is 11.4. The fourth-order valence-electron chi connectivity index (χ4n) is 7.86. The molecule has 368 valence electrons. The van der Waals surface area contributed by atoms with Gasteiger partial charge in [-0.15, -0.1) is 0 Å². The van der Waals surface area contributed by atoms with E-state index in [0.717, 1.165) is 48.5 Å². The van der Waals surface area contributed by atoms with E-state index in [-0.39, 0.29) is 64.6 Å². The first-order valence-electron chi connectivity index (χ1n) is 21.2. The molecule has 19 heteroatoms. The summed E-state index contributed by atoms with van der Waals surface area (Å²) in [5, 5.41) is 9.26. The normalized spacial score (nSPS) is 12.3. The molecule has 7 nitrogen and oxygen atoms in total. The second kappa shape index (κ2) is 21.0. The summed E-state index contributed by atoms with van der Waals surface area (Å²) in [6.07, 6.45) is -21.6. The van der Waals surface area contributed by atoms with Gasteiger partial charge in [0, 0.05) is 0 Å². The van der Waals surface area contributed by atoms with Gasteiger partial charge in [0.15, 0.2) is 11.4 Å². The van der Waals surface area contributed by atoms with E-state index < -0.39 is 57.8 Å². The predicted octanol–water partition coefficient (Wildman–Crippen LogP) is 16.4. The molecule has 71 heavy (non-hydrogen) atoms. The van der Waals surface area contributed by atoms with Crippen molar-refractivity contribution in [1.29, 1.82) is 5.26 Å². The number of ether oxygens (including phenoxy) is 4. The topological polar surface area (TPSA) is 69.4 Å². The van der Waals surface area contributed by atoms with Gasteiger partial charge in [0.25, 0.3) is 0 Å². The Bertz CT molecular complexity index is 2880. The summed E-state index contributed by atoms with van der Waals surface area (Å²) in [6.45, 7) is 16.0. The van der Waals surface area contributed by atoms with Crippen LogP contribution in [0.25, 0.3) is 9.69 Å². The van der Waals surface area contributed by atoms with Crippen LogP contribution in [0.1, 0.15) is 59.1 Å². The van der Waals surface area contributed by atoms with Crippen LogP contribution < -0.4 is 18.9 Å². The Labute approximate surface area is 399 Å². The zero-order valence-corrected chi connectivity index (χ0v) is 37.0. The smallest absolute Gasteiger partial charge is 0.411 e. The molecule has 0 aliphatic carbocycles. The quantitative estimate of drug-likeness (QED) is 0.0517. The Hall–Kier alpha value is -7.85.